The average Bonchev–Trinajstić information content (AvgIpc) is 3.33. The molecule has 0 radical (unpaired) electrons. The van der Waals surface area contributed by atoms with Crippen molar-refractivity contribution in [3.8, 4) is 0 Å². The quantitative estimate of drug-likeness (QED) is 0.560. The van der Waals surface area contributed by atoms with Gasteiger partial charge in [0, 0.05) is 62.4 Å². The molecule has 1 atom stereocenters. The van der Waals surface area contributed by atoms with Crippen molar-refractivity contribution in [1.29, 1.82) is 0 Å². The van der Waals surface area contributed by atoms with Crippen molar-refractivity contribution in [3.05, 3.63) is 90.3 Å². The number of imidazole rings is 1. The molecular formula is C25H28N8. The van der Waals surface area contributed by atoms with Gasteiger partial charge in [-0.1, -0.05) is 18.2 Å². The first kappa shape index (κ1) is 20.8. The van der Waals surface area contributed by atoms with Crippen LogP contribution >= 0.6 is 0 Å². The SMILES string of the molecule is CN1C=C(c2cnc3c(Nc4cccc(N(C)C)c4)nccn23)C(C2=CC(N)=CC=CC2)N1. The lowest BCUT2D eigenvalue weighted by Crippen LogP contribution is -2.34. The van der Waals surface area contributed by atoms with Crippen LogP contribution in [0.25, 0.3) is 11.2 Å². The number of nitrogens with one attached hydrogen (secondary N) is 2. The van der Waals surface area contributed by atoms with Gasteiger partial charge in [-0.25, -0.2) is 15.4 Å². The van der Waals surface area contributed by atoms with Crippen molar-refractivity contribution in [3.63, 3.8) is 0 Å². The van der Waals surface area contributed by atoms with Crippen LogP contribution in [0.5, 0.6) is 0 Å². The summed E-state index contributed by atoms with van der Waals surface area (Å²) in [5.41, 5.74) is 16.6. The summed E-state index contributed by atoms with van der Waals surface area (Å²) in [4.78, 5) is 11.4. The van der Waals surface area contributed by atoms with E-state index >= 15 is 0 Å². The standard InChI is InChI=1S/C25H28N8/c1-31(2)20-10-6-9-19(14-20)29-24-25-28-15-22(33(25)12-11-27-24)21-16-32(3)30-23(21)17-7-4-5-8-18(26)13-17/h4-6,8-16,23,30H,7,26H2,1-3H3,(H,27,29). The van der Waals surface area contributed by atoms with Gasteiger partial charge in [0.1, 0.15) is 0 Å². The molecule has 8 heteroatoms. The first-order valence-corrected chi connectivity index (χ1v) is 10.9. The van der Waals surface area contributed by atoms with E-state index in [1.165, 1.54) is 5.57 Å². The summed E-state index contributed by atoms with van der Waals surface area (Å²) >= 11 is 0. The summed E-state index contributed by atoms with van der Waals surface area (Å²) < 4.78 is 2.08. The second-order valence-electron chi connectivity index (χ2n) is 8.46. The maximum Gasteiger partial charge on any atom is 0.180 e. The first-order valence-electron chi connectivity index (χ1n) is 10.9. The van der Waals surface area contributed by atoms with Gasteiger partial charge in [0.25, 0.3) is 0 Å². The number of allylic oxidation sites excluding steroid dienone is 4. The average molecular weight is 441 g/mol. The predicted molar refractivity (Wildman–Crippen MR) is 134 cm³/mol. The smallest absolute Gasteiger partial charge is 0.180 e. The summed E-state index contributed by atoms with van der Waals surface area (Å²) in [5.74, 6) is 0.708. The van der Waals surface area contributed by atoms with Gasteiger partial charge in [-0.15, -0.1) is 0 Å². The molecule has 0 fully saturated rings. The molecule has 0 saturated carbocycles. The summed E-state index contributed by atoms with van der Waals surface area (Å²) in [7, 11) is 6.05. The number of hydrazine groups is 1. The molecule has 1 aliphatic carbocycles. The zero-order valence-corrected chi connectivity index (χ0v) is 19.0. The van der Waals surface area contributed by atoms with Gasteiger partial charge < -0.3 is 21.0 Å². The summed E-state index contributed by atoms with van der Waals surface area (Å²) in [6, 6.07) is 8.22. The molecule has 2 aliphatic rings. The monoisotopic (exact) mass is 440 g/mol. The number of aromatic nitrogens is 3. The second kappa shape index (κ2) is 8.48. The van der Waals surface area contributed by atoms with Crippen LogP contribution in [0.4, 0.5) is 17.2 Å². The fourth-order valence-electron chi connectivity index (χ4n) is 4.22. The van der Waals surface area contributed by atoms with Crippen molar-refractivity contribution in [1.82, 2.24) is 24.8 Å². The molecule has 168 valence electrons. The highest BCUT2D eigenvalue weighted by atomic mass is 15.5. The van der Waals surface area contributed by atoms with Crippen molar-refractivity contribution in [2.75, 3.05) is 31.4 Å². The van der Waals surface area contributed by atoms with E-state index in [1.54, 1.807) is 6.20 Å². The molecule has 2 aromatic heterocycles. The fraction of sp³-hybridized carbons (Fsp3) is 0.200. The molecule has 1 aromatic carbocycles. The lowest BCUT2D eigenvalue weighted by molar-refractivity contribution is 0.345. The Balaban J connectivity index is 1.51. The van der Waals surface area contributed by atoms with E-state index in [2.05, 4.69) is 55.5 Å². The van der Waals surface area contributed by atoms with Crippen LogP contribution in [0.2, 0.25) is 0 Å². The summed E-state index contributed by atoms with van der Waals surface area (Å²) in [5, 5.41) is 5.42. The molecule has 1 aliphatic heterocycles. The molecule has 0 bridgehead atoms. The maximum absolute atomic E-state index is 6.14. The second-order valence-corrected chi connectivity index (χ2v) is 8.46. The Morgan fingerprint density at radius 3 is 2.97 bits per heavy atom. The minimum atomic E-state index is 0.00551. The third kappa shape index (κ3) is 4.08. The fourth-order valence-corrected chi connectivity index (χ4v) is 4.22. The van der Waals surface area contributed by atoms with E-state index in [4.69, 9.17) is 10.7 Å². The minimum Gasteiger partial charge on any atom is -0.399 e. The van der Waals surface area contributed by atoms with E-state index < -0.39 is 0 Å². The van der Waals surface area contributed by atoms with Crippen LogP contribution in [0.1, 0.15) is 12.1 Å². The van der Waals surface area contributed by atoms with E-state index in [0.717, 1.165) is 40.4 Å². The van der Waals surface area contributed by atoms with Gasteiger partial charge in [-0.3, -0.25) is 4.40 Å². The largest absolute Gasteiger partial charge is 0.399 e. The lowest BCUT2D eigenvalue weighted by Gasteiger charge is -2.20. The topological polar surface area (TPSA) is 86.8 Å². The van der Waals surface area contributed by atoms with Crippen LogP contribution in [0.3, 0.4) is 0 Å². The Morgan fingerprint density at radius 1 is 1.24 bits per heavy atom. The highest BCUT2D eigenvalue weighted by molar-refractivity contribution is 5.78. The van der Waals surface area contributed by atoms with Crippen molar-refractivity contribution < 1.29 is 0 Å². The minimum absolute atomic E-state index is 0.00551. The molecule has 3 aromatic rings. The number of rotatable bonds is 5. The van der Waals surface area contributed by atoms with Gasteiger partial charge >= 0.3 is 0 Å². The van der Waals surface area contributed by atoms with Crippen LogP contribution in [0.15, 0.2) is 84.6 Å². The number of benzene rings is 1. The van der Waals surface area contributed by atoms with E-state index in [1.807, 2.05) is 62.8 Å². The third-order valence-corrected chi connectivity index (χ3v) is 5.83. The first-order chi connectivity index (χ1) is 16.0. The Kier molecular flexibility index (Phi) is 5.35. The Labute approximate surface area is 193 Å². The molecule has 3 heterocycles. The number of fused-ring (bicyclic) bond motifs is 1. The molecule has 5 rings (SSSR count). The number of hydrogen-bond donors (Lipinski definition) is 3. The Morgan fingerprint density at radius 2 is 2.12 bits per heavy atom. The van der Waals surface area contributed by atoms with Crippen LogP contribution in [-0.4, -0.2) is 46.6 Å². The zero-order chi connectivity index (χ0) is 22.9. The lowest BCUT2D eigenvalue weighted by atomic mass is 9.95. The molecule has 0 spiro atoms. The van der Waals surface area contributed by atoms with Gasteiger partial charge in [-0.05, 0) is 42.3 Å². The molecule has 1 unspecified atom stereocenters. The van der Waals surface area contributed by atoms with Crippen molar-refractivity contribution in [2.45, 2.75) is 12.5 Å². The highest BCUT2D eigenvalue weighted by Crippen LogP contribution is 2.32. The molecular weight excluding hydrogens is 412 g/mol. The van der Waals surface area contributed by atoms with E-state index in [-0.39, 0.29) is 6.04 Å². The number of nitrogens with zero attached hydrogens (tertiary/aromatic N) is 5. The van der Waals surface area contributed by atoms with Crippen LogP contribution in [-0.2, 0) is 0 Å². The Hall–Kier alpha value is -4.04. The maximum atomic E-state index is 6.14. The van der Waals surface area contributed by atoms with E-state index in [0.29, 0.717) is 5.82 Å². The number of hydrogen-bond acceptors (Lipinski definition) is 7. The molecule has 8 nitrogen and oxygen atoms in total. The molecule has 0 saturated heterocycles. The van der Waals surface area contributed by atoms with Gasteiger partial charge in [0.05, 0.1) is 17.9 Å². The van der Waals surface area contributed by atoms with Gasteiger partial charge in [0.15, 0.2) is 11.5 Å². The Bertz CT molecular complexity index is 1310. The molecule has 4 N–H and O–H groups in total. The highest BCUT2D eigenvalue weighted by Gasteiger charge is 2.29. The zero-order valence-electron chi connectivity index (χ0n) is 19.0. The molecule has 0 amide bonds. The van der Waals surface area contributed by atoms with Crippen LogP contribution < -0.4 is 21.4 Å². The van der Waals surface area contributed by atoms with E-state index in [9.17, 15) is 0 Å². The van der Waals surface area contributed by atoms with Crippen molar-refractivity contribution >= 4 is 28.4 Å². The van der Waals surface area contributed by atoms with Crippen LogP contribution in [0, 0.1) is 0 Å². The third-order valence-electron chi connectivity index (χ3n) is 5.83. The number of nitrogens with two attached hydrogens (primary N) is 1. The van der Waals surface area contributed by atoms with Gasteiger partial charge in [-0.2, -0.15) is 0 Å². The molecule has 33 heavy (non-hydrogen) atoms. The van der Waals surface area contributed by atoms with Gasteiger partial charge in [0.2, 0.25) is 0 Å². The normalized spacial score (nSPS) is 18.1. The number of anilines is 3. The summed E-state index contributed by atoms with van der Waals surface area (Å²) in [6.45, 7) is 0. The summed E-state index contributed by atoms with van der Waals surface area (Å²) in [6.07, 6.45) is 16.7. The predicted octanol–water partition coefficient (Wildman–Crippen LogP) is 3.43. The van der Waals surface area contributed by atoms with Crippen molar-refractivity contribution in [2.24, 2.45) is 5.73 Å².